The van der Waals surface area contributed by atoms with E-state index in [2.05, 4.69) is 15.0 Å². The van der Waals surface area contributed by atoms with Crippen molar-refractivity contribution in [2.75, 3.05) is 15.8 Å². The topological polar surface area (TPSA) is 88.2 Å². The average molecular weight is 367 g/mol. The number of nitrogens with zero attached hydrogens (tertiary/aromatic N) is 1. The van der Waals surface area contributed by atoms with Gasteiger partial charge in [0.05, 0.1) is 28.6 Å². The first-order chi connectivity index (χ1) is 11.2. The van der Waals surface area contributed by atoms with Crippen molar-refractivity contribution in [2.24, 2.45) is 0 Å². The van der Waals surface area contributed by atoms with E-state index in [1.807, 2.05) is 13.8 Å². The molecule has 130 valence electrons. The zero-order valence-electron chi connectivity index (χ0n) is 14.1. The van der Waals surface area contributed by atoms with Gasteiger partial charge >= 0.3 is 0 Å². The number of amides is 1. The third kappa shape index (κ3) is 4.78. The Kier molecular flexibility index (Phi) is 5.61. The van der Waals surface area contributed by atoms with Gasteiger partial charge in [-0.1, -0.05) is 0 Å². The van der Waals surface area contributed by atoms with Crippen LogP contribution in [0.1, 0.15) is 28.1 Å². The number of anilines is 2. The number of carbonyl (C=O) groups is 1. The molecule has 2 rings (SSSR count). The molecule has 2 N–H and O–H groups in total. The molecule has 8 heteroatoms. The van der Waals surface area contributed by atoms with E-state index in [-0.39, 0.29) is 18.1 Å². The Hall–Kier alpha value is -1.93. The van der Waals surface area contributed by atoms with Crippen LogP contribution >= 0.6 is 11.3 Å². The van der Waals surface area contributed by atoms with E-state index in [0.717, 1.165) is 21.1 Å². The summed E-state index contributed by atoms with van der Waals surface area (Å²) >= 11 is 1.57. The summed E-state index contributed by atoms with van der Waals surface area (Å²) in [4.78, 5) is 17.6. The zero-order valence-corrected chi connectivity index (χ0v) is 15.8. The van der Waals surface area contributed by atoms with Crippen molar-refractivity contribution >= 4 is 38.6 Å². The maximum Gasteiger partial charge on any atom is 0.232 e. The van der Waals surface area contributed by atoms with E-state index in [1.54, 1.807) is 43.4 Å². The van der Waals surface area contributed by atoms with Gasteiger partial charge in [0, 0.05) is 10.6 Å². The normalized spacial score (nSPS) is 11.3. The molecule has 1 aromatic carbocycles. The summed E-state index contributed by atoms with van der Waals surface area (Å²) in [7, 11) is -3.32. The fraction of sp³-hybridized carbons (Fsp3) is 0.375. The number of nitrogens with one attached hydrogen (secondary N) is 2. The Morgan fingerprint density at radius 1 is 1.25 bits per heavy atom. The Bertz CT molecular complexity index is 857. The fourth-order valence-electron chi connectivity index (χ4n) is 2.19. The quantitative estimate of drug-likeness (QED) is 0.821. The highest BCUT2D eigenvalue weighted by molar-refractivity contribution is 7.92. The molecule has 6 nitrogen and oxygen atoms in total. The second-order valence-electron chi connectivity index (χ2n) is 5.50. The van der Waals surface area contributed by atoms with E-state index in [0.29, 0.717) is 11.4 Å². The number of sulfonamides is 1. The van der Waals surface area contributed by atoms with Crippen molar-refractivity contribution in [3.8, 4) is 0 Å². The zero-order chi connectivity index (χ0) is 17.9. The van der Waals surface area contributed by atoms with E-state index in [4.69, 9.17) is 0 Å². The van der Waals surface area contributed by atoms with E-state index in [9.17, 15) is 13.2 Å². The van der Waals surface area contributed by atoms with Crippen molar-refractivity contribution in [3.63, 3.8) is 0 Å². The van der Waals surface area contributed by atoms with Gasteiger partial charge in [-0.25, -0.2) is 13.4 Å². The number of hydrogen-bond donors (Lipinski definition) is 2. The van der Waals surface area contributed by atoms with E-state index >= 15 is 0 Å². The van der Waals surface area contributed by atoms with Gasteiger partial charge < -0.3 is 5.32 Å². The molecule has 0 fully saturated rings. The van der Waals surface area contributed by atoms with Crippen molar-refractivity contribution in [2.45, 2.75) is 34.1 Å². The van der Waals surface area contributed by atoms with Crippen LogP contribution in [0, 0.1) is 20.8 Å². The molecule has 1 heterocycles. The minimum Gasteiger partial charge on any atom is -0.326 e. The van der Waals surface area contributed by atoms with Crippen molar-refractivity contribution < 1.29 is 13.2 Å². The Morgan fingerprint density at radius 3 is 2.50 bits per heavy atom. The summed E-state index contributed by atoms with van der Waals surface area (Å²) < 4.78 is 25.8. The molecule has 0 aliphatic heterocycles. The van der Waals surface area contributed by atoms with Crippen molar-refractivity contribution in [3.05, 3.63) is 39.3 Å². The summed E-state index contributed by atoms with van der Waals surface area (Å²) in [5, 5.41) is 3.76. The Labute approximate surface area is 146 Å². The average Bonchev–Trinajstić information content (AvgIpc) is 2.79. The molecular weight excluding hydrogens is 346 g/mol. The maximum atomic E-state index is 12.2. The molecule has 0 radical (unpaired) electrons. The fourth-order valence-corrected chi connectivity index (χ4v) is 3.73. The van der Waals surface area contributed by atoms with Crippen LogP contribution < -0.4 is 10.0 Å². The maximum absolute atomic E-state index is 12.2. The molecule has 0 atom stereocenters. The molecule has 1 amide bonds. The summed E-state index contributed by atoms with van der Waals surface area (Å²) in [6.07, 6.45) is 0.222. The van der Waals surface area contributed by atoms with Crippen LogP contribution in [-0.2, 0) is 21.2 Å². The molecule has 2 aromatic rings. The first-order valence-electron chi connectivity index (χ1n) is 7.54. The van der Waals surface area contributed by atoms with Crippen LogP contribution in [0.3, 0.4) is 0 Å². The first kappa shape index (κ1) is 18.4. The van der Waals surface area contributed by atoms with Crippen LogP contribution in [-0.4, -0.2) is 25.1 Å². The molecule has 0 saturated carbocycles. The number of thiazole rings is 1. The first-order valence-corrected chi connectivity index (χ1v) is 10.0. The minimum absolute atomic E-state index is 0.0112. The molecule has 0 spiro atoms. The molecule has 0 aliphatic rings. The van der Waals surface area contributed by atoms with Crippen LogP contribution in [0.5, 0.6) is 0 Å². The summed E-state index contributed by atoms with van der Waals surface area (Å²) in [5.74, 6) is -0.137. The van der Waals surface area contributed by atoms with Crippen molar-refractivity contribution in [1.82, 2.24) is 4.98 Å². The van der Waals surface area contributed by atoms with Gasteiger partial charge in [0.15, 0.2) is 0 Å². The lowest BCUT2D eigenvalue weighted by molar-refractivity contribution is -0.115. The standard InChI is InChI=1S/C16H21N3O3S2/c1-5-24(21,22)19-14-7-6-13(8-10(14)2)18-16(20)9-15-11(3)23-12(4)17-15/h6-8,19H,5,9H2,1-4H3,(H,18,20). The Morgan fingerprint density at radius 2 is 1.96 bits per heavy atom. The van der Waals surface area contributed by atoms with Crippen LogP contribution in [0.2, 0.25) is 0 Å². The lowest BCUT2D eigenvalue weighted by Crippen LogP contribution is -2.17. The number of aryl methyl sites for hydroxylation is 3. The van der Waals surface area contributed by atoms with Crippen LogP contribution in [0.15, 0.2) is 18.2 Å². The molecule has 0 bridgehead atoms. The van der Waals surface area contributed by atoms with Crippen molar-refractivity contribution in [1.29, 1.82) is 0 Å². The van der Waals surface area contributed by atoms with E-state index < -0.39 is 10.0 Å². The number of aromatic nitrogens is 1. The number of carbonyl (C=O) groups excluding carboxylic acids is 1. The van der Waals surface area contributed by atoms with Crippen LogP contribution in [0.25, 0.3) is 0 Å². The lowest BCUT2D eigenvalue weighted by atomic mass is 10.2. The second kappa shape index (κ2) is 7.31. The summed E-state index contributed by atoms with van der Waals surface area (Å²) in [5.41, 5.74) is 2.67. The van der Waals surface area contributed by atoms with Gasteiger partial charge in [-0.15, -0.1) is 11.3 Å². The SMILES string of the molecule is CCS(=O)(=O)Nc1ccc(NC(=O)Cc2nc(C)sc2C)cc1C. The minimum atomic E-state index is -3.32. The van der Waals surface area contributed by atoms with Crippen LogP contribution in [0.4, 0.5) is 11.4 Å². The molecule has 0 saturated heterocycles. The smallest absolute Gasteiger partial charge is 0.232 e. The highest BCUT2D eigenvalue weighted by atomic mass is 32.2. The second-order valence-corrected chi connectivity index (χ2v) is 8.91. The highest BCUT2D eigenvalue weighted by Gasteiger charge is 2.12. The predicted octanol–water partition coefficient (Wildman–Crippen LogP) is 3.01. The van der Waals surface area contributed by atoms with Gasteiger partial charge in [0.2, 0.25) is 15.9 Å². The van der Waals surface area contributed by atoms with Gasteiger partial charge in [-0.2, -0.15) is 0 Å². The van der Waals surface area contributed by atoms with Gasteiger partial charge in [0.1, 0.15) is 0 Å². The molecule has 0 unspecified atom stereocenters. The largest absolute Gasteiger partial charge is 0.326 e. The predicted molar refractivity (Wildman–Crippen MR) is 98.2 cm³/mol. The monoisotopic (exact) mass is 367 g/mol. The van der Waals surface area contributed by atoms with Gasteiger partial charge in [0.25, 0.3) is 0 Å². The van der Waals surface area contributed by atoms with Gasteiger partial charge in [-0.05, 0) is 51.5 Å². The van der Waals surface area contributed by atoms with Gasteiger partial charge in [-0.3, -0.25) is 9.52 Å². The third-order valence-electron chi connectivity index (χ3n) is 3.48. The highest BCUT2D eigenvalue weighted by Crippen LogP contribution is 2.22. The molecule has 24 heavy (non-hydrogen) atoms. The third-order valence-corrected chi connectivity index (χ3v) is 5.70. The Balaban J connectivity index is 2.06. The molecular formula is C16H21N3O3S2. The molecule has 1 aromatic heterocycles. The number of benzene rings is 1. The lowest BCUT2D eigenvalue weighted by Gasteiger charge is -2.11. The summed E-state index contributed by atoms with van der Waals surface area (Å²) in [6.45, 7) is 7.23. The van der Waals surface area contributed by atoms with E-state index in [1.165, 1.54) is 0 Å². The number of hydrogen-bond acceptors (Lipinski definition) is 5. The summed E-state index contributed by atoms with van der Waals surface area (Å²) in [6, 6.07) is 5.07. The molecule has 0 aliphatic carbocycles. The number of rotatable bonds is 6.